The van der Waals surface area contributed by atoms with Crippen LogP contribution in [0.5, 0.6) is 0 Å². The number of carbonyl (C=O) groups is 2. The van der Waals surface area contributed by atoms with Gasteiger partial charge in [-0.2, -0.15) is 0 Å². The van der Waals surface area contributed by atoms with E-state index in [1.165, 1.54) is 19.3 Å². The second-order valence-corrected chi connectivity index (χ2v) is 8.04. The highest BCUT2D eigenvalue weighted by atomic mass is 16.6. The molecule has 1 heterocycles. The van der Waals surface area contributed by atoms with E-state index in [1.54, 1.807) is 4.90 Å². The summed E-state index contributed by atoms with van der Waals surface area (Å²) in [5, 5.41) is 6.01. The number of amides is 3. The average Bonchev–Trinajstić information content (AvgIpc) is 2.55. The van der Waals surface area contributed by atoms with Crippen LogP contribution in [-0.4, -0.2) is 72.8 Å². The SMILES string of the molecule is CC(C)(C)OC(=O)N1CCN(CCNC(=O)NC2CCCCC2)CC1. The molecule has 2 N–H and O–H groups in total. The molecule has 0 atom stereocenters. The molecule has 1 aliphatic heterocycles. The van der Waals surface area contributed by atoms with Gasteiger partial charge in [-0.25, -0.2) is 9.59 Å². The Kier molecular flexibility index (Phi) is 7.35. The van der Waals surface area contributed by atoms with Crippen LogP contribution in [0.15, 0.2) is 0 Å². The van der Waals surface area contributed by atoms with Crippen LogP contribution in [0, 0.1) is 0 Å². The fraction of sp³-hybridized carbons (Fsp3) is 0.889. The van der Waals surface area contributed by atoms with E-state index in [0.717, 1.165) is 32.5 Å². The summed E-state index contributed by atoms with van der Waals surface area (Å²) in [4.78, 5) is 28.0. The molecule has 3 amide bonds. The van der Waals surface area contributed by atoms with Gasteiger partial charge in [-0.3, -0.25) is 4.90 Å². The summed E-state index contributed by atoms with van der Waals surface area (Å²) in [5.41, 5.74) is -0.455. The predicted octanol–water partition coefficient (Wildman–Crippen LogP) is 2.17. The molecule has 7 nitrogen and oxygen atoms in total. The summed E-state index contributed by atoms with van der Waals surface area (Å²) in [7, 11) is 0. The molecule has 2 rings (SSSR count). The molecule has 7 heteroatoms. The van der Waals surface area contributed by atoms with Crippen molar-refractivity contribution in [3.63, 3.8) is 0 Å². The van der Waals surface area contributed by atoms with Gasteiger partial charge in [-0.05, 0) is 33.6 Å². The molecule has 0 bridgehead atoms. The van der Waals surface area contributed by atoms with Crippen molar-refractivity contribution in [3.05, 3.63) is 0 Å². The lowest BCUT2D eigenvalue weighted by molar-refractivity contribution is 0.0147. The summed E-state index contributed by atoms with van der Waals surface area (Å²) >= 11 is 0. The van der Waals surface area contributed by atoms with Crippen molar-refractivity contribution >= 4 is 12.1 Å². The van der Waals surface area contributed by atoms with Gasteiger partial charge in [-0.1, -0.05) is 19.3 Å². The number of hydrogen-bond acceptors (Lipinski definition) is 4. The molecule has 0 spiro atoms. The van der Waals surface area contributed by atoms with Gasteiger partial charge >= 0.3 is 12.1 Å². The molecule has 0 unspecified atom stereocenters. The number of hydrogen-bond donors (Lipinski definition) is 2. The third-order valence-electron chi connectivity index (χ3n) is 4.68. The Hall–Kier alpha value is -1.50. The van der Waals surface area contributed by atoms with E-state index in [0.29, 0.717) is 25.7 Å². The number of carbonyl (C=O) groups excluding carboxylic acids is 2. The quantitative estimate of drug-likeness (QED) is 0.811. The Morgan fingerprint density at radius 3 is 2.28 bits per heavy atom. The zero-order chi connectivity index (χ0) is 18.3. The monoisotopic (exact) mass is 354 g/mol. The third-order valence-corrected chi connectivity index (χ3v) is 4.68. The van der Waals surface area contributed by atoms with Crippen molar-refractivity contribution in [1.29, 1.82) is 0 Å². The second kappa shape index (κ2) is 9.27. The maximum absolute atomic E-state index is 12.0. The van der Waals surface area contributed by atoms with Crippen molar-refractivity contribution in [2.45, 2.75) is 64.5 Å². The molecule has 2 fully saturated rings. The molecule has 1 aliphatic carbocycles. The Morgan fingerprint density at radius 1 is 1.04 bits per heavy atom. The summed E-state index contributed by atoms with van der Waals surface area (Å²) in [5.74, 6) is 0. The molecule has 0 aromatic rings. The van der Waals surface area contributed by atoms with Crippen molar-refractivity contribution in [2.75, 3.05) is 39.3 Å². The Bertz CT molecular complexity index is 436. The molecular formula is C18H34N4O3. The third kappa shape index (κ3) is 7.50. The fourth-order valence-corrected chi connectivity index (χ4v) is 3.29. The number of piperazine rings is 1. The van der Waals surface area contributed by atoms with E-state index in [-0.39, 0.29) is 12.1 Å². The number of nitrogens with one attached hydrogen (secondary N) is 2. The van der Waals surface area contributed by atoms with Gasteiger partial charge < -0.3 is 20.3 Å². The molecule has 2 aliphatic rings. The number of urea groups is 1. The van der Waals surface area contributed by atoms with Gasteiger partial charge in [0.1, 0.15) is 5.60 Å². The van der Waals surface area contributed by atoms with Crippen molar-refractivity contribution in [3.8, 4) is 0 Å². The predicted molar refractivity (Wildman–Crippen MR) is 97.7 cm³/mol. The highest BCUT2D eigenvalue weighted by Gasteiger charge is 2.25. The van der Waals surface area contributed by atoms with Crippen LogP contribution in [0.25, 0.3) is 0 Å². The van der Waals surface area contributed by atoms with Gasteiger partial charge in [0.15, 0.2) is 0 Å². The van der Waals surface area contributed by atoms with E-state index in [4.69, 9.17) is 4.74 Å². The summed E-state index contributed by atoms with van der Waals surface area (Å²) in [6.45, 7) is 10.0. The first-order valence-electron chi connectivity index (χ1n) is 9.58. The summed E-state index contributed by atoms with van der Waals surface area (Å²) < 4.78 is 5.40. The van der Waals surface area contributed by atoms with Gasteiger partial charge in [0.25, 0.3) is 0 Å². The number of rotatable bonds is 4. The highest BCUT2D eigenvalue weighted by Crippen LogP contribution is 2.17. The zero-order valence-corrected chi connectivity index (χ0v) is 16.0. The van der Waals surface area contributed by atoms with Crippen molar-refractivity contribution < 1.29 is 14.3 Å². The van der Waals surface area contributed by atoms with Gasteiger partial charge in [-0.15, -0.1) is 0 Å². The van der Waals surface area contributed by atoms with Crippen molar-refractivity contribution in [2.24, 2.45) is 0 Å². The molecule has 0 aromatic heterocycles. The standard InChI is InChI=1S/C18H34N4O3/c1-18(2,3)25-17(24)22-13-11-21(12-14-22)10-9-19-16(23)20-15-7-5-4-6-8-15/h15H,4-14H2,1-3H3,(H2,19,20,23). The van der Waals surface area contributed by atoms with Crippen LogP contribution in [0.2, 0.25) is 0 Å². The molecule has 1 saturated carbocycles. The molecule has 0 radical (unpaired) electrons. The molecule has 144 valence electrons. The number of ether oxygens (including phenoxy) is 1. The van der Waals surface area contributed by atoms with Crippen LogP contribution in [0.4, 0.5) is 9.59 Å². The summed E-state index contributed by atoms with van der Waals surface area (Å²) in [6.07, 6.45) is 5.67. The molecule has 0 aromatic carbocycles. The smallest absolute Gasteiger partial charge is 0.410 e. The van der Waals surface area contributed by atoms with Crippen LogP contribution >= 0.6 is 0 Å². The molecular weight excluding hydrogens is 320 g/mol. The van der Waals surface area contributed by atoms with E-state index >= 15 is 0 Å². The van der Waals surface area contributed by atoms with Gasteiger partial charge in [0, 0.05) is 45.3 Å². The highest BCUT2D eigenvalue weighted by molar-refractivity contribution is 5.74. The minimum Gasteiger partial charge on any atom is -0.444 e. The minimum atomic E-state index is -0.455. The summed E-state index contributed by atoms with van der Waals surface area (Å²) in [6, 6.07) is 0.283. The first-order chi connectivity index (χ1) is 11.8. The van der Waals surface area contributed by atoms with Crippen LogP contribution < -0.4 is 10.6 Å². The molecule has 1 saturated heterocycles. The fourth-order valence-electron chi connectivity index (χ4n) is 3.29. The van der Waals surface area contributed by atoms with E-state index in [9.17, 15) is 9.59 Å². The first kappa shape index (κ1) is 19.8. The second-order valence-electron chi connectivity index (χ2n) is 8.04. The Balaban J connectivity index is 1.57. The maximum atomic E-state index is 12.0. The number of nitrogens with zero attached hydrogens (tertiary/aromatic N) is 2. The lowest BCUT2D eigenvalue weighted by Gasteiger charge is -2.35. The normalized spacial score (nSPS) is 20.2. The first-order valence-corrected chi connectivity index (χ1v) is 9.58. The lowest BCUT2D eigenvalue weighted by atomic mass is 9.96. The van der Waals surface area contributed by atoms with Crippen molar-refractivity contribution in [1.82, 2.24) is 20.4 Å². The largest absolute Gasteiger partial charge is 0.444 e. The minimum absolute atomic E-state index is 0.0562. The maximum Gasteiger partial charge on any atom is 0.410 e. The topological polar surface area (TPSA) is 73.9 Å². The molecule has 25 heavy (non-hydrogen) atoms. The van der Waals surface area contributed by atoms with E-state index in [2.05, 4.69) is 15.5 Å². The van der Waals surface area contributed by atoms with Crippen LogP contribution in [0.3, 0.4) is 0 Å². The lowest BCUT2D eigenvalue weighted by Crippen LogP contribution is -2.52. The van der Waals surface area contributed by atoms with E-state index < -0.39 is 5.60 Å². The van der Waals surface area contributed by atoms with Crippen LogP contribution in [-0.2, 0) is 4.74 Å². The van der Waals surface area contributed by atoms with Gasteiger partial charge in [0.05, 0.1) is 0 Å². The van der Waals surface area contributed by atoms with Crippen LogP contribution in [0.1, 0.15) is 52.9 Å². The Morgan fingerprint density at radius 2 is 1.68 bits per heavy atom. The van der Waals surface area contributed by atoms with Gasteiger partial charge in [0.2, 0.25) is 0 Å². The average molecular weight is 354 g/mol. The van der Waals surface area contributed by atoms with E-state index in [1.807, 2.05) is 20.8 Å². The zero-order valence-electron chi connectivity index (χ0n) is 16.0. The Labute approximate surface area is 151 Å².